The smallest absolute Gasteiger partial charge is 0.119 e. The van der Waals surface area contributed by atoms with Crippen molar-refractivity contribution in [3.8, 4) is 11.8 Å². The number of rotatable bonds is 6. The van der Waals surface area contributed by atoms with Crippen molar-refractivity contribution < 1.29 is 4.74 Å². The maximum atomic E-state index is 8.46. The second-order valence-electron chi connectivity index (χ2n) is 4.62. The number of ether oxygens (including phenoxy) is 1. The van der Waals surface area contributed by atoms with Gasteiger partial charge in [-0.3, -0.25) is 0 Å². The molecule has 0 aliphatic heterocycles. The second-order valence-corrected chi connectivity index (χ2v) is 4.62. The predicted molar refractivity (Wildman–Crippen MR) is 71.5 cm³/mol. The van der Waals surface area contributed by atoms with E-state index in [1.54, 1.807) is 0 Å². The Bertz CT molecular complexity index is 437. The molecule has 1 atom stereocenters. The molecule has 1 aliphatic rings. The SMILES string of the molecule is CCNC1CCc2cc(OCCCC#N)ccc21. The summed E-state index contributed by atoms with van der Waals surface area (Å²) in [5.74, 6) is 0.934. The Morgan fingerprint density at radius 3 is 3.17 bits per heavy atom. The standard InChI is InChI=1S/C15H20N2O/c1-2-17-15-8-5-12-11-13(6-7-14(12)15)18-10-4-3-9-16/h6-7,11,15,17H,2-5,8,10H2,1H3. The molecule has 18 heavy (non-hydrogen) atoms. The molecule has 0 fully saturated rings. The first-order chi connectivity index (χ1) is 8.85. The Hall–Kier alpha value is -1.53. The molecule has 1 aromatic rings. The van der Waals surface area contributed by atoms with Gasteiger partial charge in [0.15, 0.2) is 0 Å². The van der Waals surface area contributed by atoms with E-state index in [0.29, 0.717) is 19.1 Å². The van der Waals surface area contributed by atoms with Gasteiger partial charge in [-0.2, -0.15) is 5.26 Å². The van der Waals surface area contributed by atoms with E-state index in [1.165, 1.54) is 17.5 Å². The fourth-order valence-corrected chi connectivity index (χ4v) is 2.48. The molecular weight excluding hydrogens is 224 g/mol. The zero-order valence-corrected chi connectivity index (χ0v) is 10.9. The van der Waals surface area contributed by atoms with Gasteiger partial charge in [0.2, 0.25) is 0 Å². The number of hydrogen-bond donors (Lipinski definition) is 1. The zero-order valence-electron chi connectivity index (χ0n) is 10.9. The summed E-state index contributed by atoms with van der Waals surface area (Å²) < 4.78 is 5.66. The first kappa shape index (κ1) is 12.9. The first-order valence-electron chi connectivity index (χ1n) is 6.71. The molecule has 0 spiro atoms. The molecule has 1 N–H and O–H groups in total. The van der Waals surface area contributed by atoms with Gasteiger partial charge in [0.25, 0.3) is 0 Å². The van der Waals surface area contributed by atoms with Gasteiger partial charge in [-0.05, 0) is 49.1 Å². The highest BCUT2D eigenvalue weighted by Gasteiger charge is 2.21. The second kappa shape index (κ2) is 6.42. The van der Waals surface area contributed by atoms with Crippen molar-refractivity contribution in [1.29, 1.82) is 5.26 Å². The minimum Gasteiger partial charge on any atom is -0.494 e. The number of benzene rings is 1. The monoisotopic (exact) mass is 244 g/mol. The lowest BCUT2D eigenvalue weighted by Crippen LogP contribution is -2.18. The van der Waals surface area contributed by atoms with Crippen LogP contribution in [0.2, 0.25) is 0 Å². The van der Waals surface area contributed by atoms with E-state index in [4.69, 9.17) is 10.00 Å². The number of nitriles is 1. The number of fused-ring (bicyclic) bond motifs is 1. The van der Waals surface area contributed by atoms with Gasteiger partial charge in [-0.25, -0.2) is 0 Å². The molecule has 0 saturated heterocycles. The molecule has 1 unspecified atom stereocenters. The highest BCUT2D eigenvalue weighted by atomic mass is 16.5. The van der Waals surface area contributed by atoms with Crippen LogP contribution in [0.3, 0.4) is 0 Å². The molecule has 96 valence electrons. The third-order valence-corrected chi connectivity index (χ3v) is 3.34. The summed E-state index contributed by atoms with van der Waals surface area (Å²) >= 11 is 0. The van der Waals surface area contributed by atoms with Crippen molar-refractivity contribution in [3.63, 3.8) is 0 Å². The van der Waals surface area contributed by atoms with Gasteiger partial charge in [-0.15, -0.1) is 0 Å². The van der Waals surface area contributed by atoms with Gasteiger partial charge >= 0.3 is 0 Å². The van der Waals surface area contributed by atoms with E-state index < -0.39 is 0 Å². The summed E-state index contributed by atoms with van der Waals surface area (Å²) in [6, 6.07) is 9.01. The minimum atomic E-state index is 0.512. The third-order valence-electron chi connectivity index (χ3n) is 3.34. The number of unbranched alkanes of at least 4 members (excludes halogenated alkanes) is 1. The lowest BCUT2D eigenvalue weighted by Gasteiger charge is -2.13. The lowest BCUT2D eigenvalue weighted by molar-refractivity contribution is 0.312. The first-order valence-corrected chi connectivity index (χ1v) is 6.71. The molecule has 3 nitrogen and oxygen atoms in total. The highest BCUT2D eigenvalue weighted by Crippen LogP contribution is 2.33. The number of nitrogens with zero attached hydrogens (tertiary/aromatic N) is 1. The Kier molecular flexibility index (Phi) is 4.60. The largest absolute Gasteiger partial charge is 0.494 e. The van der Waals surface area contributed by atoms with Crippen molar-refractivity contribution in [2.75, 3.05) is 13.2 Å². The van der Waals surface area contributed by atoms with Crippen LogP contribution in [0.15, 0.2) is 18.2 Å². The van der Waals surface area contributed by atoms with Crippen LogP contribution in [-0.4, -0.2) is 13.2 Å². The molecule has 1 aliphatic carbocycles. The Balaban J connectivity index is 1.95. The topological polar surface area (TPSA) is 45.0 Å². The van der Waals surface area contributed by atoms with E-state index in [1.807, 2.05) is 6.07 Å². The molecular formula is C15H20N2O. The summed E-state index contributed by atoms with van der Waals surface area (Å²) in [7, 11) is 0. The van der Waals surface area contributed by atoms with E-state index in [2.05, 4.69) is 30.4 Å². The van der Waals surface area contributed by atoms with Crippen LogP contribution in [0.25, 0.3) is 0 Å². The van der Waals surface area contributed by atoms with Crippen molar-refractivity contribution in [2.24, 2.45) is 0 Å². The van der Waals surface area contributed by atoms with Crippen LogP contribution in [-0.2, 0) is 6.42 Å². The summed E-state index contributed by atoms with van der Waals surface area (Å²) in [5.41, 5.74) is 2.82. The maximum absolute atomic E-state index is 8.46. The molecule has 0 radical (unpaired) electrons. The Morgan fingerprint density at radius 2 is 2.39 bits per heavy atom. The van der Waals surface area contributed by atoms with Crippen LogP contribution in [0.1, 0.15) is 43.4 Å². The highest BCUT2D eigenvalue weighted by molar-refractivity contribution is 5.40. The summed E-state index contributed by atoms with van der Waals surface area (Å²) in [6.07, 6.45) is 3.67. The zero-order chi connectivity index (χ0) is 12.8. The molecule has 0 aromatic heterocycles. The molecule has 0 heterocycles. The van der Waals surface area contributed by atoms with Gasteiger partial charge in [-0.1, -0.05) is 13.0 Å². The molecule has 0 amide bonds. The molecule has 0 saturated carbocycles. The average molecular weight is 244 g/mol. The lowest BCUT2D eigenvalue weighted by atomic mass is 10.1. The third kappa shape index (κ3) is 3.02. The van der Waals surface area contributed by atoms with Crippen molar-refractivity contribution in [2.45, 2.75) is 38.6 Å². The summed E-state index contributed by atoms with van der Waals surface area (Å²) in [5, 5.41) is 12.0. The van der Waals surface area contributed by atoms with E-state index in [-0.39, 0.29) is 0 Å². The fraction of sp³-hybridized carbons (Fsp3) is 0.533. The van der Waals surface area contributed by atoms with Crippen molar-refractivity contribution >= 4 is 0 Å². The van der Waals surface area contributed by atoms with Crippen molar-refractivity contribution in [1.82, 2.24) is 5.32 Å². The number of hydrogen-bond acceptors (Lipinski definition) is 3. The van der Waals surface area contributed by atoms with Gasteiger partial charge < -0.3 is 10.1 Å². The quantitative estimate of drug-likeness (QED) is 0.782. The molecule has 3 heteroatoms. The summed E-state index contributed by atoms with van der Waals surface area (Å²) in [6.45, 7) is 3.78. The molecule has 2 rings (SSSR count). The van der Waals surface area contributed by atoms with Crippen LogP contribution < -0.4 is 10.1 Å². The predicted octanol–water partition coefficient (Wildman–Crippen LogP) is 2.97. The van der Waals surface area contributed by atoms with E-state index in [0.717, 1.165) is 25.1 Å². The van der Waals surface area contributed by atoms with Crippen LogP contribution in [0, 0.1) is 11.3 Å². The van der Waals surface area contributed by atoms with Gasteiger partial charge in [0.1, 0.15) is 5.75 Å². The normalized spacial score (nSPS) is 17.2. The molecule has 1 aromatic carbocycles. The maximum Gasteiger partial charge on any atom is 0.119 e. The average Bonchev–Trinajstić information content (AvgIpc) is 2.78. The fourth-order valence-electron chi connectivity index (χ4n) is 2.48. The number of aryl methyl sites for hydroxylation is 1. The molecule has 0 bridgehead atoms. The summed E-state index contributed by atoms with van der Waals surface area (Å²) in [4.78, 5) is 0. The Labute approximate surface area is 109 Å². The number of nitrogens with one attached hydrogen (secondary N) is 1. The Morgan fingerprint density at radius 1 is 1.50 bits per heavy atom. The van der Waals surface area contributed by atoms with E-state index >= 15 is 0 Å². The minimum absolute atomic E-state index is 0.512. The van der Waals surface area contributed by atoms with Crippen LogP contribution in [0.5, 0.6) is 5.75 Å². The van der Waals surface area contributed by atoms with E-state index in [9.17, 15) is 0 Å². The van der Waals surface area contributed by atoms with Crippen LogP contribution in [0.4, 0.5) is 0 Å². The van der Waals surface area contributed by atoms with Crippen LogP contribution >= 0.6 is 0 Å². The van der Waals surface area contributed by atoms with Gasteiger partial charge in [0, 0.05) is 12.5 Å². The van der Waals surface area contributed by atoms with Crippen molar-refractivity contribution in [3.05, 3.63) is 29.3 Å². The van der Waals surface area contributed by atoms with Gasteiger partial charge in [0.05, 0.1) is 12.7 Å².